The summed E-state index contributed by atoms with van der Waals surface area (Å²) >= 11 is 0. The first-order valence-electron chi connectivity index (χ1n) is 7.47. The van der Waals surface area contributed by atoms with Gasteiger partial charge in [-0.25, -0.2) is 0 Å². The van der Waals surface area contributed by atoms with Gasteiger partial charge < -0.3 is 16.0 Å². The summed E-state index contributed by atoms with van der Waals surface area (Å²) < 4.78 is 0. The first-order valence-corrected chi connectivity index (χ1v) is 7.47. The van der Waals surface area contributed by atoms with Gasteiger partial charge in [-0.1, -0.05) is 24.3 Å². The zero-order valence-corrected chi connectivity index (χ0v) is 13.6. The standard InChI is InChI=1S/C18H19N3O3/c1-12(22)13-7-3-6-10-16(13)21-17(23)11-20-15-9-5-4-8-14(15)18(24)19-2/h3-10,20H,11H2,1-2H3,(H,19,24)(H,21,23). The highest BCUT2D eigenvalue weighted by molar-refractivity contribution is 6.05. The molecule has 0 aromatic heterocycles. The van der Waals surface area contributed by atoms with Crippen LogP contribution in [0.15, 0.2) is 48.5 Å². The molecule has 2 rings (SSSR count). The first kappa shape index (κ1) is 17.2. The molecular weight excluding hydrogens is 306 g/mol. The van der Waals surface area contributed by atoms with Crippen molar-refractivity contribution in [2.45, 2.75) is 6.92 Å². The predicted octanol–water partition coefficient (Wildman–Crippen LogP) is 2.30. The Bertz CT molecular complexity index is 772. The topological polar surface area (TPSA) is 87.3 Å². The zero-order chi connectivity index (χ0) is 17.5. The molecule has 0 radical (unpaired) electrons. The summed E-state index contributed by atoms with van der Waals surface area (Å²) in [6, 6.07) is 13.7. The third-order valence-corrected chi connectivity index (χ3v) is 3.42. The van der Waals surface area contributed by atoms with Crippen molar-refractivity contribution in [2.24, 2.45) is 0 Å². The number of para-hydroxylation sites is 2. The van der Waals surface area contributed by atoms with Crippen molar-refractivity contribution in [2.75, 3.05) is 24.2 Å². The highest BCUT2D eigenvalue weighted by Crippen LogP contribution is 2.17. The molecule has 0 aliphatic rings. The van der Waals surface area contributed by atoms with Crippen LogP contribution in [-0.2, 0) is 4.79 Å². The van der Waals surface area contributed by atoms with Gasteiger partial charge >= 0.3 is 0 Å². The highest BCUT2D eigenvalue weighted by Gasteiger charge is 2.12. The van der Waals surface area contributed by atoms with Crippen LogP contribution in [0.4, 0.5) is 11.4 Å². The lowest BCUT2D eigenvalue weighted by Gasteiger charge is -2.12. The number of hydrogen-bond acceptors (Lipinski definition) is 4. The molecule has 2 aromatic rings. The maximum absolute atomic E-state index is 12.1. The van der Waals surface area contributed by atoms with Crippen molar-refractivity contribution in [1.82, 2.24) is 5.32 Å². The van der Waals surface area contributed by atoms with Gasteiger partial charge in [0.05, 0.1) is 17.8 Å². The van der Waals surface area contributed by atoms with E-state index in [1.807, 2.05) is 0 Å². The van der Waals surface area contributed by atoms with E-state index in [2.05, 4.69) is 16.0 Å². The van der Waals surface area contributed by atoms with Gasteiger partial charge in [-0.2, -0.15) is 0 Å². The van der Waals surface area contributed by atoms with Gasteiger partial charge in [-0.3, -0.25) is 14.4 Å². The Labute approximate surface area is 140 Å². The number of Topliss-reactive ketones (excluding diaryl/α,β-unsaturated/α-hetero) is 1. The van der Waals surface area contributed by atoms with Gasteiger partial charge in [0.15, 0.2) is 5.78 Å². The number of ketones is 1. The number of carbonyl (C=O) groups is 3. The molecule has 3 N–H and O–H groups in total. The number of nitrogens with one attached hydrogen (secondary N) is 3. The van der Waals surface area contributed by atoms with Gasteiger partial charge in [0.1, 0.15) is 0 Å². The van der Waals surface area contributed by atoms with Crippen LogP contribution in [0.25, 0.3) is 0 Å². The second kappa shape index (κ2) is 7.92. The summed E-state index contributed by atoms with van der Waals surface area (Å²) in [7, 11) is 1.55. The number of rotatable bonds is 6. The normalized spacial score (nSPS) is 9.92. The molecule has 24 heavy (non-hydrogen) atoms. The van der Waals surface area contributed by atoms with Crippen LogP contribution in [0, 0.1) is 0 Å². The van der Waals surface area contributed by atoms with Crippen molar-refractivity contribution in [3.8, 4) is 0 Å². The lowest BCUT2D eigenvalue weighted by Crippen LogP contribution is -2.25. The summed E-state index contributed by atoms with van der Waals surface area (Å²) in [5.41, 5.74) is 1.94. The van der Waals surface area contributed by atoms with Gasteiger partial charge in [-0.15, -0.1) is 0 Å². The molecule has 0 heterocycles. The minimum Gasteiger partial charge on any atom is -0.376 e. The van der Waals surface area contributed by atoms with Gasteiger partial charge in [0.25, 0.3) is 5.91 Å². The Morgan fingerprint density at radius 2 is 1.46 bits per heavy atom. The van der Waals surface area contributed by atoms with E-state index in [9.17, 15) is 14.4 Å². The molecule has 0 spiro atoms. The molecular formula is C18H19N3O3. The van der Waals surface area contributed by atoms with Gasteiger partial charge in [0, 0.05) is 18.3 Å². The molecule has 0 saturated heterocycles. The smallest absolute Gasteiger partial charge is 0.253 e. The van der Waals surface area contributed by atoms with E-state index < -0.39 is 0 Å². The van der Waals surface area contributed by atoms with Crippen molar-refractivity contribution in [3.63, 3.8) is 0 Å². The molecule has 0 unspecified atom stereocenters. The molecule has 2 aromatic carbocycles. The quantitative estimate of drug-likeness (QED) is 0.711. The minimum absolute atomic E-state index is 0.0275. The van der Waals surface area contributed by atoms with E-state index in [4.69, 9.17) is 0 Å². The van der Waals surface area contributed by atoms with Crippen LogP contribution in [0.3, 0.4) is 0 Å². The number of carbonyl (C=O) groups excluding carboxylic acids is 3. The molecule has 0 bridgehead atoms. The van der Waals surface area contributed by atoms with E-state index >= 15 is 0 Å². The molecule has 0 aliphatic heterocycles. The van der Waals surface area contributed by atoms with Crippen molar-refractivity contribution >= 4 is 29.0 Å². The molecule has 2 amide bonds. The number of anilines is 2. The maximum atomic E-state index is 12.1. The molecule has 0 atom stereocenters. The van der Waals surface area contributed by atoms with Crippen LogP contribution in [-0.4, -0.2) is 31.2 Å². The summed E-state index contributed by atoms with van der Waals surface area (Å²) in [5, 5.41) is 8.19. The third kappa shape index (κ3) is 4.19. The Morgan fingerprint density at radius 3 is 2.08 bits per heavy atom. The average molecular weight is 325 g/mol. The lowest BCUT2D eigenvalue weighted by atomic mass is 10.1. The largest absolute Gasteiger partial charge is 0.376 e. The maximum Gasteiger partial charge on any atom is 0.253 e. The minimum atomic E-state index is -0.310. The number of hydrogen-bond donors (Lipinski definition) is 3. The van der Waals surface area contributed by atoms with Crippen LogP contribution in [0.1, 0.15) is 27.6 Å². The Morgan fingerprint density at radius 1 is 0.875 bits per heavy atom. The molecule has 0 aliphatic carbocycles. The van der Waals surface area contributed by atoms with Crippen LogP contribution in [0.5, 0.6) is 0 Å². The van der Waals surface area contributed by atoms with E-state index in [1.54, 1.807) is 55.6 Å². The van der Waals surface area contributed by atoms with Crippen LogP contribution >= 0.6 is 0 Å². The lowest BCUT2D eigenvalue weighted by molar-refractivity contribution is -0.114. The van der Waals surface area contributed by atoms with E-state index in [0.717, 1.165) is 0 Å². The fraction of sp³-hybridized carbons (Fsp3) is 0.167. The second-order valence-electron chi connectivity index (χ2n) is 5.13. The second-order valence-corrected chi connectivity index (χ2v) is 5.13. The van der Waals surface area contributed by atoms with Crippen molar-refractivity contribution in [3.05, 3.63) is 59.7 Å². The van der Waals surface area contributed by atoms with E-state index in [0.29, 0.717) is 22.5 Å². The van der Waals surface area contributed by atoms with Crippen LogP contribution < -0.4 is 16.0 Å². The predicted molar refractivity (Wildman–Crippen MR) is 93.4 cm³/mol. The average Bonchev–Trinajstić information content (AvgIpc) is 2.59. The molecule has 0 fully saturated rings. The van der Waals surface area contributed by atoms with Crippen molar-refractivity contribution < 1.29 is 14.4 Å². The Kier molecular flexibility index (Phi) is 5.68. The van der Waals surface area contributed by atoms with Crippen molar-refractivity contribution in [1.29, 1.82) is 0 Å². The fourth-order valence-corrected chi connectivity index (χ4v) is 2.24. The zero-order valence-electron chi connectivity index (χ0n) is 13.6. The van der Waals surface area contributed by atoms with Crippen LogP contribution in [0.2, 0.25) is 0 Å². The van der Waals surface area contributed by atoms with Gasteiger partial charge in [-0.05, 0) is 31.2 Å². The highest BCUT2D eigenvalue weighted by atomic mass is 16.2. The molecule has 6 nitrogen and oxygen atoms in total. The number of benzene rings is 2. The molecule has 124 valence electrons. The van der Waals surface area contributed by atoms with Gasteiger partial charge in [0.2, 0.25) is 5.91 Å². The first-order chi connectivity index (χ1) is 11.5. The third-order valence-electron chi connectivity index (χ3n) is 3.42. The fourth-order valence-electron chi connectivity index (χ4n) is 2.24. The SMILES string of the molecule is CNC(=O)c1ccccc1NCC(=O)Nc1ccccc1C(C)=O. The van der Waals surface area contributed by atoms with E-state index in [-0.39, 0.29) is 24.1 Å². The Balaban J connectivity index is 2.05. The monoisotopic (exact) mass is 325 g/mol. The molecule has 0 saturated carbocycles. The van der Waals surface area contributed by atoms with E-state index in [1.165, 1.54) is 6.92 Å². The summed E-state index contributed by atoms with van der Waals surface area (Å²) in [6.07, 6.45) is 0. The summed E-state index contributed by atoms with van der Waals surface area (Å²) in [5.74, 6) is -0.667. The summed E-state index contributed by atoms with van der Waals surface area (Å²) in [4.78, 5) is 35.5. The summed E-state index contributed by atoms with van der Waals surface area (Å²) in [6.45, 7) is 1.42. The number of amides is 2. The Hall–Kier alpha value is -3.15. The molecule has 6 heteroatoms.